The van der Waals surface area contributed by atoms with Crippen molar-refractivity contribution in [1.82, 2.24) is 5.32 Å². The Labute approximate surface area is 146 Å². The number of furan rings is 1. The van der Waals surface area contributed by atoms with Crippen LogP contribution < -0.4 is 10.2 Å². The van der Waals surface area contributed by atoms with Gasteiger partial charge in [0.1, 0.15) is 0 Å². The third-order valence-electron chi connectivity index (χ3n) is 4.43. The lowest BCUT2D eigenvalue weighted by atomic mass is 10.1. The lowest BCUT2D eigenvalue weighted by Crippen LogP contribution is -2.41. The molecule has 0 spiro atoms. The quantitative estimate of drug-likeness (QED) is 0.907. The molecular weight excluding hydrogens is 320 g/mol. The second kappa shape index (κ2) is 7.53. The van der Waals surface area contributed by atoms with Crippen LogP contribution >= 0.6 is 0 Å². The zero-order valence-electron chi connectivity index (χ0n) is 14.4. The number of para-hydroxylation sites is 1. The highest BCUT2D eigenvalue weighted by atomic mass is 16.5. The molecule has 1 saturated heterocycles. The highest BCUT2D eigenvalue weighted by Gasteiger charge is 2.26. The van der Waals surface area contributed by atoms with Crippen LogP contribution in [0.4, 0.5) is 5.69 Å². The van der Waals surface area contributed by atoms with Crippen molar-refractivity contribution in [3.05, 3.63) is 54.0 Å². The van der Waals surface area contributed by atoms with E-state index in [-0.39, 0.29) is 29.7 Å². The first-order chi connectivity index (χ1) is 12.1. The van der Waals surface area contributed by atoms with Gasteiger partial charge < -0.3 is 19.4 Å². The van der Waals surface area contributed by atoms with Gasteiger partial charge in [0.25, 0.3) is 11.8 Å². The molecule has 2 aromatic rings. The number of amides is 2. The van der Waals surface area contributed by atoms with Gasteiger partial charge >= 0.3 is 0 Å². The Balaban J connectivity index is 1.78. The van der Waals surface area contributed by atoms with Crippen LogP contribution in [0.3, 0.4) is 0 Å². The Morgan fingerprint density at radius 2 is 2.04 bits per heavy atom. The number of ether oxygens (including phenoxy) is 1. The van der Waals surface area contributed by atoms with Crippen LogP contribution in [-0.4, -0.2) is 37.6 Å². The third-order valence-corrected chi connectivity index (χ3v) is 4.43. The first-order valence-electron chi connectivity index (χ1n) is 8.41. The van der Waals surface area contributed by atoms with Gasteiger partial charge in [0.05, 0.1) is 29.7 Å². The molecule has 1 fully saturated rings. The van der Waals surface area contributed by atoms with Crippen molar-refractivity contribution in [3.8, 4) is 0 Å². The molecule has 2 heterocycles. The van der Waals surface area contributed by atoms with Crippen LogP contribution in [0, 0.1) is 0 Å². The number of carbonyl (C=O) groups excluding carboxylic acids is 2. The Morgan fingerprint density at radius 1 is 1.24 bits per heavy atom. The van der Waals surface area contributed by atoms with E-state index in [0.717, 1.165) is 19.4 Å². The van der Waals surface area contributed by atoms with Crippen LogP contribution in [0.5, 0.6) is 0 Å². The maximum Gasteiger partial charge on any atom is 0.293 e. The molecule has 132 valence electrons. The van der Waals surface area contributed by atoms with Gasteiger partial charge in [0.15, 0.2) is 5.76 Å². The summed E-state index contributed by atoms with van der Waals surface area (Å²) in [7, 11) is 1.63. The summed E-state index contributed by atoms with van der Waals surface area (Å²) in [5.41, 5.74) is 0.968. The van der Waals surface area contributed by atoms with Crippen LogP contribution in [0.2, 0.25) is 0 Å². The molecule has 2 atom stereocenters. The molecule has 0 saturated carbocycles. The minimum absolute atomic E-state index is 0.0404. The number of benzene rings is 1. The van der Waals surface area contributed by atoms with Gasteiger partial charge in [-0.3, -0.25) is 9.59 Å². The van der Waals surface area contributed by atoms with E-state index in [0.29, 0.717) is 11.3 Å². The van der Waals surface area contributed by atoms with E-state index >= 15 is 0 Å². The summed E-state index contributed by atoms with van der Waals surface area (Å²) in [5, 5.41) is 2.98. The third kappa shape index (κ3) is 3.74. The minimum atomic E-state index is -0.308. The Morgan fingerprint density at radius 3 is 2.72 bits per heavy atom. The molecule has 1 aromatic heterocycles. The van der Waals surface area contributed by atoms with Crippen molar-refractivity contribution in [2.45, 2.75) is 31.9 Å². The maximum atomic E-state index is 12.7. The predicted octanol–water partition coefficient (Wildman–Crippen LogP) is 2.85. The lowest BCUT2D eigenvalue weighted by molar-refractivity contribution is 0.0712. The normalized spacial score (nSPS) is 17.9. The number of carbonyl (C=O) groups is 2. The van der Waals surface area contributed by atoms with E-state index in [1.54, 1.807) is 43.4 Å². The lowest BCUT2D eigenvalue weighted by Gasteiger charge is -2.23. The minimum Gasteiger partial charge on any atom is -0.459 e. The second-order valence-corrected chi connectivity index (χ2v) is 6.17. The molecule has 0 aliphatic carbocycles. The van der Waals surface area contributed by atoms with Gasteiger partial charge in [-0.25, -0.2) is 0 Å². The van der Waals surface area contributed by atoms with Crippen molar-refractivity contribution < 1.29 is 18.7 Å². The summed E-state index contributed by atoms with van der Waals surface area (Å²) in [6.45, 7) is 2.68. The van der Waals surface area contributed by atoms with Crippen LogP contribution in [0.15, 0.2) is 47.1 Å². The molecule has 3 rings (SSSR count). The standard InChI is InChI=1S/C19H22N2O4/c1-13(16-9-5-11-24-16)20-18(22)14-7-3-4-8-15(14)21(2)19(23)17-10-6-12-25-17/h3-4,6-8,10,12-13,16H,5,9,11H2,1-2H3,(H,20,22)/t13-,16-/m0/s1. The fourth-order valence-electron chi connectivity index (χ4n) is 3.01. The average molecular weight is 342 g/mol. The van der Waals surface area contributed by atoms with E-state index in [2.05, 4.69) is 5.32 Å². The zero-order valence-corrected chi connectivity index (χ0v) is 14.4. The molecule has 0 bridgehead atoms. The van der Waals surface area contributed by atoms with E-state index < -0.39 is 0 Å². The van der Waals surface area contributed by atoms with Gasteiger partial charge in [-0.1, -0.05) is 12.1 Å². The monoisotopic (exact) mass is 342 g/mol. The Kier molecular flexibility index (Phi) is 5.19. The summed E-state index contributed by atoms with van der Waals surface area (Å²) in [6, 6.07) is 10.2. The second-order valence-electron chi connectivity index (χ2n) is 6.17. The first-order valence-corrected chi connectivity index (χ1v) is 8.41. The molecule has 2 amide bonds. The number of hydrogen-bond acceptors (Lipinski definition) is 4. The van der Waals surface area contributed by atoms with Gasteiger partial charge in [-0.2, -0.15) is 0 Å². The smallest absolute Gasteiger partial charge is 0.293 e. The summed E-state index contributed by atoms with van der Waals surface area (Å²) < 4.78 is 10.8. The predicted molar refractivity (Wildman–Crippen MR) is 93.8 cm³/mol. The molecular formula is C19H22N2O4. The topological polar surface area (TPSA) is 71.8 Å². The van der Waals surface area contributed by atoms with Crippen molar-refractivity contribution in [2.75, 3.05) is 18.6 Å². The molecule has 0 radical (unpaired) electrons. The SMILES string of the molecule is C[C@H](NC(=O)c1ccccc1N(C)C(=O)c1ccco1)[C@@H]1CCCO1. The largest absolute Gasteiger partial charge is 0.459 e. The fraction of sp³-hybridized carbons (Fsp3) is 0.368. The summed E-state index contributed by atoms with van der Waals surface area (Å²) >= 11 is 0. The zero-order chi connectivity index (χ0) is 17.8. The maximum absolute atomic E-state index is 12.7. The van der Waals surface area contributed by atoms with Gasteiger partial charge in [-0.15, -0.1) is 0 Å². The Bertz CT molecular complexity index is 736. The summed E-state index contributed by atoms with van der Waals surface area (Å²) in [4.78, 5) is 26.6. The average Bonchev–Trinajstić information content (AvgIpc) is 3.33. The molecule has 1 aliphatic rings. The number of anilines is 1. The van der Waals surface area contributed by atoms with Crippen LogP contribution in [0.25, 0.3) is 0 Å². The van der Waals surface area contributed by atoms with Crippen LogP contribution in [0.1, 0.15) is 40.7 Å². The van der Waals surface area contributed by atoms with E-state index in [4.69, 9.17) is 9.15 Å². The van der Waals surface area contributed by atoms with Crippen molar-refractivity contribution in [3.63, 3.8) is 0 Å². The number of hydrogen-bond donors (Lipinski definition) is 1. The van der Waals surface area contributed by atoms with Gasteiger partial charge in [-0.05, 0) is 44.0 Å². The van der Waals surface area contributed by atoms with Gasteiger partial charge in [0, 0.05) is 13.7 Å². The first kappa shape index (κ1) is 17.2. The van der Waals surface area contributed by atoms with Crippen LogP contribution in [-0.2, 0) is 4.74 Å². The van der Waals surface area contributed by atoms with Gasteiger partial charge in [0.2, 0.25) is 0 Å². The van der Waals surface area contributed by atoms with E-state index in [1.165, 1.54) is 11.2 Å². The molecule has 1 N–H and O–H groups in total. The molecule has 1 aliphatic heterocycles. The van der Waals surface area contributed by atoms with Crippen molar-refractivity contribution in [1.29, 1.82) is 0 Å². The summed E-state index contributed by atoms with van der Waals surface area (Å²) in [5.74, 6) is -0.305. The van der Waals surface area contributed by atoms with E-state index in [1.807, 2.05) is 6.92 Å². The summed E-state index contributed by atoms with van der Waals surface area (Å²) in [6.07, 6.45) is 3.45. The Hall–Kier alpha value is -2.60. The molecule has 25 heavy (non-hydrogen) atoms. The van der Waals surface area contributed by atoms with E-state index in [9.17, 15) is 9.59 Å². The molecule has 0 unspecified atom stereocenters. The highest BCUT2D eigenvalue weighted by Crippen LogP contribution is 2.22. The van der Waals surface area contributed by atoms with Crippen molar-refractivity contribution in [2.24, 2.45) is 0 Å². The number of rotatable bonds is 5. The fourth-order valence-corrected chi connectivity index (χ4v) is 3.01. The molecule has 6 nitrogen and oxygen atoms in total. The molecule has 6 heteroatoms. The van der Waals surface area contributed by atoms with Crippen molar-refractivity contribution >= 4 is 17.5 Å². The highest BCUT2D eigenvalue weighted by molar-refractivity contribution is 6.09. The number of nitrogens with zero attached hydrogens (tertiary/aromatic N) is 1. The molecule has 1 aromatic carbocycles. The number of nitrogens with one attached hydrogen (secondary N) is 1.